The number of carbonyl (C=O) groups excluding carboxylic acids is 1. The van der Waals surface area contributed by atoms with Crippen molar-refractivity contribution < 1.29 is 19.4 Å². The van der Waals surface area contributed by atoms with Gasteiger partial charge in [0.2, 0.25) is 0 Å². The van der Waals surface area contributed by atoms with Crippen LogP contribution < -0.4 is 10.1 Å². The molecule has 0 aliphatic carbocycles. The quantitative estimate of drug-likeness (QED) is 0.683. The van der Waals surface area contributed by atoms with Gasteiger partial charge in [-0.05, 0) is 53.9 Å². The van der Waals surface area contributed by atoms with E-state index >= 15 is 0 Å². The molecule has 0 atom stereocenters. The average Bonchev–Trinajstić information content (AvgIpc) is 2.67. The standard InChI is InChI=1S/C22H19NO4/c1-15-5-2-3-8-20(15)16-9-11-19(12-10-16)27-14-21(24)23-18-7-4-6-17(13-18)22(25)26/h2-13H,14H2,1H3,(H,23,24)(H,25,26). The Labute approximate surface area is 157 Å². The molecule has 0 saturated carbocycles. The molecule has 0 unspecified atom stereocenters. The largest absolute Gasteiger partial charge is 0.484 e. The van der Waals surface area contributed by atoms with Crippen LogP contribution in [-0.4, -0.2) is 23.6 Å². The fourth-order valence-corrected chi connectivity index (χ4v) is 2.70. The van der Waals surface area contributed by atoms with Gasteiger partial charge in [-0.15, -0.1) is 0 Å². The first-order chi connectivity index (χ1) is 13.0. The lowest BCUT2D eigenvalue weighted by Crippen LogP contribution is -2.20. The summed E-state index contributed by atoms with van der Waals surface area (Å²) in [5, 5.41) is 11.6. The van der Waals surface area contributed by atoms with E-state index in [1.54, 1.807) is 12.1 Å². The third kappa shape index (κ3) is 4.73. The maximum Gasteiger partial charge on any atom is 0.335 e. The summed E-state index contributed by atoms with van der Waals surface area (Å²) in [7, 11) is 0. The highest BCUT2D eigenvalue weighted by Crippen LogP contribution is 2.25. The van der Waals surface area contributed by atoms with Gasteiger partial charge in [0.1, 0.15) is 5.75 Å². The van der Waals surface area contributed by atoms with Crippen molar-refractivity contribution >= 4 is 17.6 Å². The van der Waals surface area contributed by atoms with Crippen LogP contribution in [0.15, 0.2) is 72.8 Å². The van der Waals surface area contributed by atoms with E-state index in [9.17, 15) is 9.59 Å². The van der Waals surface area contributed by atoms with Gasteiger partial charge in [0, 0.05) is 5.69 Å². The van der Waals surface area contributed by atoms with Gasteiger partial charge in [0.25, 0.3) is 5.91 Å². The van der Waals surface area contributed by atoms with Crippen molar-refractivity contribution in [3.63, 3.8) is 0 Å². The molecular formula is C22H19NO4. The number of aromatic carboxylic acids is 1. The molecule has 0 fully saturated rings. The Hall–Kier alpha value is -3.60. The number of anilines is 1. The summed E-state index contributed by atoms with van der Waals surface area (Å²) in [6, 6.07) is 21.7. The molecule has 136 valence electrons. The van der Waals surface area contributed by atoms with E-state index in [0.717, 1.165) is 11.1 Å². The molecule has 1 amide bonds. The third-order valence-corrected chi connectivity index (χ3v) is 4.07. The SMILES string of the molecule is Cc1ccccc1-c1ccc(OCC(=O)Nc2cccc(C(=O)O)c2)cc1. The second kappa shape index (κ2) is 8.19. The summed E-state index contributed by atoms with van der Waals surface area (Å²) in [4.78, 5) is 23.0. The second-order valence-corrected chi connectivity index (χ2v) is 6.06. The van der Waals surface area contributed by atoms with Crippen LogP contribution in [0, 0.1) is 6.92 Å². The van der Waals surface area contributed by atoms with Crippen LogP contribution in [0.4, 0.5) is 5.69 Å². The molecular weight excluding hydrogens is 342 g/mol. The first-order valence-electron chi connectivity index (χ1n) is 8.45. The molecule has 3 aromatic rings. The van der Waals surface area contributed by atoms with E-state index in [4.69, 9.17) is 9.84 Å². The first-order valence-corrected chi connectivity index (χ1v) is 8.45. The van der Waals surface area contributed by atoms with Crippen LogP contribution >= 0.6 is 0 Å². The number of carbonyl (C=O) groups is 2. The zero-order chi connectivity index (χ0) is 19.2. The summed E-state index contributed by atoms with van der Waals surface area (Å²) < 4.78 is 5.51. The second-order valence-electron chi connectivity index (χ2n) is 6.06. The van der Waals surface area contributed by atoms with E-state index in [1.165, 1.54) is 17.7 Å². The van der Waals surface area contributed by atoms with Gasteiger partial charge in [-0.3, -0.25) is 4.79 Å². The predicted molar refractivity (Wildman–Crippen MR) is 104 cm³/mol. The molecule has 3 rings (SSSR count). The van der Waals surface area contributed by atoms with Crippen molar-refractivity contribution in [1.82, 2.24) is 0 Å². The fraction of sp³-hybridized carbons (Fsp3) is 0.0909. The zero-order valence-corrected chi connectivity index (χ0v) is 14.8. The lowest BCUT2D eigenvalue weighted by Gasteiger charge is -2.10. The van der Waals surface area contributed by atoms with Gasteiger partial charge in [0.15, 0.2) is 6.61 Å². The number of aryl methyl sites for hydroxylation is 1. The van der Waals surface area contributed by atoms with Gasteiger partial charge in [-0.2, -0.15) is 0 Å². The monoisotopic (exact) mass is 361 g/mol. The highest BCUT2D eigenvalue weighted by Gasteiger charge is 2.07. The van der Waals surface area contributed by atoms with Crippen molar-refractivity contribution in [3.8, 4) is 16.9 Å². The minimum absolute atomic E-state index is 0.112. The predicted octanol–water partition coefficient (Wildman–Crippen LogP) is 4.38. The zero-order valence-electron chi connectivity index (χ0n) is 14.8. The Kier molecular flexibility index (Phi) is 5.52. The summed E-state index contributed by atoms with van der Waals surface area (Å²) in [5.41, 5.74) is 3.95. The third-order valence-electron chi connectivity index (χ3n) is 4.07. The minimum atomic E-state index is -1.05. The number of rotatable bonds is 6. The summed E-state index contributed by atoms with van der Waals surface area (Å²) in [5.74, 6) is -0.821. The highest BCUT2D eigenvalue weighted by atomic mass is 16.5. The number of hydrogen-bond donors (Lipinski definition) is 2. The van der Waals surface area contributed by atoms with Crippen LogP contribution in [0.1, 0.15) is 15.9 Å². The molecule has 0 aliphatic heterocycles. The van der Waals surface area contributed by atoms with Crippen LogP contribution in [0.3, 0.4) is 0 Å². The molecule has 3 aromatic carbocycles. The lowest BCUT2D eigenvalue weighted by atomic mass is 10.0. The van der Waals surface area contributed by atoms with Crippen molar-refractivity contribution in [2.24, 2.45) is 0 Å². The Morgan fingerprint density at radius 2 is 1.70 bits per heavy atom. The molecule has 0 saturated heterocycles. The highest BCUT2D eigenvalue weighted by molar-refractivity contribution is 5.94. The number of carboxylic acids is 1. The van der Waals surface area contributed by atoms with Crippen LogP contribution in [-0.2, 0) is 4.79 Å². The molecule has 0 radical (unpaired) electrons. The number of ether oxygens (including phenoxy) is 1. The maximum atomic E-state index is 12.0. The number of hydrogen-bond acceptors (Lipinski definition) is 3. The molecule has 2 N–H and O–H groups in total. The number of amides is 1. The Morgan fingerprint density at radius 3 is 2.41 bits per heavy atom. The lowest BCUT2D eigenvalue weighted by molar-refractivity contribution is -0.118. The van der Waals surface area contributed by atoms with Gasteiger partial charge in [0.05, 0.1) is 5.56 Å². The molecule has 5 heteroatoms. The molecule has 5 nitrogen and oxygen atoms in total. The molecule has 0 aliphatic rings. The van der Waals surface area contributed by atoms with Gasteiger partial charge < -0.3 is 15.2 Å². The van der Waals surface area contributed by atoms with E-state index in [1.807, 2.05) is 36.4 Å². The van der Waals surface area contributed by atoms with Gasteiger partial charge in [-0.25, -0.2) is 4.79 Å². The normalized spacial score (nSPS) is 10.3. The van der Waals surface area contributed by atoms with Crippen LogP contribution in [0.2, 0.25) is 0 Å². The smallest absolute Gasteiger partial charge is 0.335 e. The first kappa shape index (κ1) is 18.2. The van der Waals surface area contributed by atoms with E-state index in [0.29, 0.717) is 11.4 Å². The van der Waals surface area contributed by atoms with Gasteiger partial charge in [-0.1, -0.05) is 42.5 Å². The van der Waals surface area contributed by atoms with Gasteiger partial charge >= 0.3 is 5.97 Å². The van der Waals surface area contributed by atoms with Crippen LogP contribution in [0.5, 0.6) is 5.75 Å². The Balaban J connectivity index is 1.58. The van der Waals surface area contributed by atoms with Crippen molar-refractivity contribution in [3.05, 3.63) is 83.9 Å². The van der Waals surface area contributed by atoms with Crippen molar-refractivity contribution in [2.75, 3.05) is 11.9 Å². The molecule has 0 bridgehead atoms. The molecule has 27 heavy (non-hydrogen) atoms. The van der Waals surface area contributed by atoms with Crippen LogP contribution in [0.25, 0.3) is 11.1 Å². The Bertz CT molecular complexity index is 964. The average molecular weight is 361 g/mol. The molecule has 0 heterocycles. The minimum Gasteiger partial charge on any atom is -0.484 e. The van der Waals surface area contributed by atoms with E-state index in [2.05, 4.69) is 24.4 Å². The summed E-state index contributed by atoms with van der Waals surface area (Å²) >= 11 is 0. The Morgan fingerprint density at radius 1 is 0.963 bits per heavy atom. The molecule has 0 aromatic heterocycles. The number of carboxylic acid groups (broad SMARTS) is 1. The summed E-state index contributed by atoms with van der Waals surface area (Å²) in [6.07, 6.45) is 0. The van der Waals surface area contributed by atoms with Crippen molar-refractivity contribution in [1.29, 1.82) is 0 Å². The topological polar surface area (TPSA) is 75.6 Å². The van der Waals surface area contributed by atoms with E-state index in [-0.39, 0.29) is 18.1 Å². The maximum absolute atomic E-state index is 12.0. The number of nitrogens with one attached hydrogen (secondary N) is 1. The summed E-state index contributed by atoms with van der Waals surface area (Å²) in [6.45, 7) is 1.89. The fourth-order valence-electron chi connectivity index (χ4n) is 2.70. The van der Waals surface area contributed by atoms with Crippen molar-refractivity contribution in [2.45, 2.75) is 6.92 Å². The number of benzene rings is 3. The molecule has 0 spiro atoms. The van der Waals surface area contributed by atoms with E-state index < -0.39 is 5.97 Å².